The first-order chi connectivity index (χ1) is 22.7. The lowest BCUT2D eigenvalue weighted by atomic mass is 9.95. The molecule has 3 aliphatic rings. The highest BCUT2D eigenvalue weighted by Gasteiger charge is 2.49. The Labute approximate surface area is 275 Å². The van der Waals surface area contributed by atoms with Crippen LogP contribution < -0.4 is 9.64 Å². The van der Waals surface area contributed by atoms with Crippen molar-refractivity contribution in [3.63, 3.8) is 0 Å². The summed E-state index contributed by atoms with van der Waals surface area (Å²) in [5.41, 5.74) is -0.269. The zero-order chi connectivity index (χ0) is 32.9. The van der Waals surface area contributed by atoms with Crippen molar-refractivity contribution in [3.8, 4) is 29.6 Å². The Kier molecular flexibility index (Phi) is 8.36. The second kappa shape index (κ2) is 12.5. The SMILES string of the molecule is C#Cc1c(F)ccc2cccc(-c3ncc4c(N5CCN(C(=O)[C@@H](O)CS)CC5)nc(OC[C@@]56CCCN5C[C@H](F)C6)nc4c3F)c12. The van der Waals surface area contributed by atoms with Gasteiger partial charge in [0.2, 0.25) is 0 Å². The van der Waals surface area contributed by atoms with Crippen molar-refractivity contribution < 1.29 is 27.8 Å². The summed E-state index contributed by atoms with van der Waals surface area (Å²) < 4.78 is 52.2. The molecule has 9 nitrogen and oxygen atoms in total. The Hall–Kier alpha value is -4.12. The van der Waals surface area contributed by atoms with Gasteiger partial charge in [0.1, 0.15) is 41.7 Å². The van der Waals surface area contributed by atoms with Crippen LogP contribution in [0.25, 0.3) is 32.9 Å². The number of thiol groups is 1. The molecule has 0 radical (unpaired) electrons. The number of amides is 1. The van der Waals surface area contributed by atoms with Gasteiger partial charge in [0.25, 0.3) is 5.91 Å². The number of anilines is 1. The highest BCUT2D eigenvalue weighted by atomic mass is 32.1. The van der Waals surface area contributed by atoms with Crippen molar-refractivity contribution >= 4 is 46.0 Å². The van der Waals surface area contributed by atoms with Gasteiger partial charge in [-0.3, -0.25) is 14.7 Å². The van der Waals surface area contributed by atoms with Crippen LogP contribution in [0.1, 0.15) is 24.8 Å². The van der Waals surface area contributed by atoms with Crippen LogP contribution in [-0.4, -0.2) is 105 Å². The highest BCUT2D eigenvalue weighted by molar-refractivity contribution is 7.80. The minimum Gasteiger partial charge on any atom is -0.461 e. The molecule has 4 aromatic rings. The Bertz CT molecular complexity index is 1920. The third-order valence-corrected chi connectivity index (χ3v) is 9.96. The number of halogens is 3. The quantitative estimate of drug-likeness (QED) is 0.227. The summed E-state index contributed by atoms with van der Waals surface area (Å²) in [5, 5.41) is 11.3. The van der Waals surface area contributed by atoms with Crippen LogP contribution in [0.15, 0.2) is 36.5 Å². The van der Waals surface area contributed by atoms with Crippen LogP contribution in [0, 0.1) is 24.0 Å². The molecule has 2 aromatic heterocycles. The summed E-state index contributed by atoms with van der Waals surface area (Å²) in [4.78, 5) is 31.8. The van der Waals surface area contributed by atoms with Crippen molar-refractivity contribution in [1.82, 2.24) is 24.8 Å². The number of rotatable bonds is 7. The fraction of sp³-hybridized carbons (Fsp3) is 0.412. The lowest BCUT2D eigenvalue weighted by Crippen LogP contribution is -2.52. The molecule has 47 heavy (non-hydrogen) atoms. The molecule has 1 N–H and O–H groups in total. The number of piperazine rings is 1. The van der Waals surface area contributed by atoms with E-state index in [1.165, 1.54) is 12.3 Å². The third-order valence-electron chi connectivity index (χ3n) is 9.62. The largest absolute Gasteiger partial charge is 0.461 e. The molecule has 3 atom stereocenters. The smallest absolute Gasteiger partial charge is 0.319 e. The molecule has 244 valence electrons. The number of hydrogen-bond acceptors (Lipinski definition) is 9. The zero-order valence-electron chi connectivity index (χ0n) is 25.5. The fourth-order valence-corrected chi connectivity index (χ4v) is 7.44. The van der Waals surface area contributed by atoms with E-state index in [0.717, 1.165) is 19.4 Å². The molecule has 7 rings (SSSR count). The van der Waals surface area contributed by atoms with Crippen molar-refractivity contribution in [3.05, 3.63) is 53.7 Å². The van der Waals surface area contributed by atoms with E-state index in [1.54, 1.807) is 29.2 Å². The fourth-order valence-electron chi connectivity index (χ4n) is 7.28. The zero-order valence-corrected chi connectivity index (χ0v) is 26.4. The Morgan fingerprint density at radius 2 is 1.98 bits per heavy atom. The average Bonchev–Trinajstić information content (AvgIpc) is 3.62. The molecule has 0 saturated carbocycles. The maximum atomic E-state index is 16.7. The number of aliphatic hydroxyl groups excluding tert-OH is 1. The number of alkyl halides is 1. The number of aliphatic hydroxyl groups is 1. The van der Waals surface area contributed by atoms with E-state index in [0.29, 0.717) is 66.7 Å². The maximum absolute atomic E-state index is 16.7. The monoisotopic (exact) mass is 662 g/mol. The number of carbonyl (C=O) groups is 1. The van der Waals surface area contributed by atoms with Gasteiger partial charge in [0.05, 0.1) is 16.5 Å². The van der Waals surface area contributed by atoms with Crippen LogP contribution in [0.5, 0.6) is 6.01 Å². The lowest BCUT2D eigenvalue weighted by molar-refractivity contribution is -0.139. The van der Waals surface area contributed by atoms with Gasteiger partial charge in [-0.1, -0.05) is 30.2 Å². The van der Waals surface area contributed by atoms with Gasteiger partial charge < -0.3 is 19.6 Å². The number of nitrogens with zero attached hydrogens (tertiary/aromatic N) is 6. The molecule has 0 bridgehead atoms. The Balaban J connectivity index is 1.31. The number of hydrogen-bond donors (Lipinski definition) is 2. The summed E-state index contributed by atoms with van der Waals surface area (Å²) in [5.74, 6) is 1.01. The molecule has 3 aliphatic heterocycles. The van der Waals surface area contributed by atoms with Crippen LogP contribution in [0.4, 0.5) is 19.0 Å². The van der Waals surface area contributed by atoms with E-state index in [4.69, 9.17) is 16.1 Å². The van der Waals surface area contributed by atoms with Gasteiger partial charge in [0, 0.05) is 62.0 Å². The minimum atomic E-state index is -1.20. The first-order valence-electron chi connectivity index (χ1n) is 15.6. The predicted octanol–water partition coefficient (Wildman–Crippen LogP) is 4.00. The molecular weight excluding hydrogens is 629 g/mol. The molecule has 3 fully saturated rings. The molecule has 0 spiro atoms. The van der Waals surface area contributed by atoms with E-state index in [2.05, 4.69) is 33.4 Å². The van der Waals surface area contributed by atoms with Gasteiger partial charge in [-0.15, -0.1) is 6.42 Å². The van der Waals surface area contributed by atoms with Crippen LogP contribution >= 0.6 is 12.6 Å². The molecule has 1 amide bonds. The van der Waals surface area contributed by atoms with Crippen molar-refractivity contribution in [2.24, 2.45) is 0 Å². The van der Waals surface area contributed by atoms with E-state index in [-0.39, 0.29) is 35.1 Å². The number of aromatic nitrogens is 3. The molecular formula is C34H33F3N6O3S. The van der Waals surface area contributed by atoms with Gasteiger partial charge in [-0.25, -0.2) is 13.2 Å². The first kappa shape index (κ1) is 31.5. The summed E-state index contributed by atoms with van der Waals surface area (Å²) in [6, 6.07) is 7.91. The van der Waals surface area contributed by atoms with Crippen molar-refractivity contribution in [2.75, 3.05) is 56.5 Å². The van der Waals surface area contributed by atoms with Gasteiger partial charge >= 0.3 is 6.01 Å². The Morgan fingerprint density at radius 1 is 1.17 bits per heavy atom. The van der Waals surface area contributed by atoms with Crippen LogP contribution in [0.3, 0.4) is 0 Å². The molecule has 2 aromatic carbocycles. The second-order valence-electron chi connectivity index (χ2n) is 12.4. The lowest BCUT2D eigenvalue weighted by Gasteiger charge is -2.36. The standard InChI is InChI=1S/C34H33F3N6O3S/c1-2-22-25(36)8-7-20-5-3-6-23(27(20)22)29-28(37)30-24(16-38-29)31(41-11-13-42(14-12-41)32(45)26(44)18-47)40-33(39-30)46-19-34-9-4-10-43(34)17-21(35)15-34/h1,3,5-8,16,21,26,44,47H,4,9-15,17-19H2/t21-,26+,34+/m1/s1. The first-order valence-corrected chi connectivity index (χ1v) is 16.3. The number of terminal acetylenes is 1. The van der Waals surface area contributed by atoms with Gasteiger partial charge in [0.15, 0.2) is 5.82 Å². The second-order valence-corrected chi connectivity index (χ2v) is 12.7. The molecule has 0 unspecified atom stereocenters. The van der Waals surface area contributed by atoms with Crippen LogP contribution in [0.2, 0.25) is 0 Å². The van der Waals surface area contributed by atoms with Crippen LogP contribution in [-0.2, 0) is 4.79 Å². The molecule has 0 aliphatic carbocycles. The van der Waals surface area contributed by atoms with Gasteiger partial charge in [-0.05, 0) is 30.8 Å². The van der Waals surface area contributed by atoms with Gasteiger partial charge in [-0.2, -0.15) is 22.6 Å². The third kappa shape index (κ3) is 5.52. The van der Waals surface area contributed by atoms with E-state index in [9.17, 15) is 18.7 Å². The molecule has 13 heteroatoms. The predicted molar refractivity (Wildman–Crippen MR) is 175 cm³/mol. The van der Waals surface area contributed by atoms with Crippen molar-refractivity contribution in [1.29, 1.82) is 0 Å². The summed E-state index contributed by atoms with van der Waals surface area (Å²) in [6.45, 7) is 2.57. The summed E-state index contributed by atoms with van der Waals surface area (Å²) >= 11 is 4.03. The van der Waals surface area contributed by atoms with E-state index < -0.39 is 35.4 Å². The number of carbonyl (C=O) groups excluding carboxylic acids is 1. The number of benzene rings is 2. The number of fused-ring (bicyclic) bond motifs is 3. The minimum absolute atomic E-state index is 0.00496. The summed E-state index contributed by atoms with van der Waals surface area (Å²) in [7, 11) is 0. The maximum Gasteiger partial charge on any atom is 0.319 e. The van der Waals surface area contributed by atoms with Crippen molar-refractivity contribution in [2.45, 2.75) is 37.1 Å². The average molecular weight is 663 g/mol. The summed E-state index contributed by atoms with van der Waals surface area (Å²) in [6.07, 6.45) is 7.06. The molecule has 3 saturated heterocycles. The normalized spacial score (nSPS) is 22.1. The van der Waals surface area contributed by atoms with E-state index >= 15 is 4.39 Å². The topological polar surface area (TPSA) is 94.9 Å². The number of ether oxygens (including phenoxy) is 1. The highest BCUT2D eigenvalue weighted by Crippen LogP contribution is 2.41. The Morgan fingerprint density at radius 3 is 2.74 bits per heavy atom. The molecule has 5 heterocycles. The number of pyridine rings is 1. The van der Waals surface area contributed by atoms with E-state index in [1.807, 2.05) is 4.90 Å².